The molecule has 0 aliphatic carbocycles. The van der Waals surface area contributed by atoms with Crippen molar-refractivity contribution in [1.29, 1.82) is 0 Å². The Morgan fingerprint density at radius 2 is 2.31 bits per heavy atom. The Morgan fingerprint density at radius 1 is 1.56 bits per heavy atom. The minimum Gasteiger partial charge on any atom is -0.469 e. The number of aliphatic hydroxyl groups excluding tert-OH is 1. The minimum absolute atomic E-state index is 0.0321. The van der Waals surface area contributed by atoms with E-state index >= 15 is 0 Å². The number of nitrogens with one attached hydrogen (secondary N) is 1. The lowest BCUT2D eigenvalue weighted by atomic mass is 9.94. The molecule has 1 aliphatic heterocycles. The Bertz CT molecular complexity index is 223. The van der Waals surface area contributed by atoms with Gasteiger partial charge in [-0.1, -0.05) is 0 Å². The van der Waals surface area contributed by atoms with Crippen LogP contribution in [0.5, 0.6) is 0 Å². The standard InChI is InChI=1S/C11H22N2O3/c1-13-7-9(11(15)16-2)6-10(8-13)12-4-3-5-14/h9-10,12,14H,3-8H2,1-2H3. The van der Waals surface area contributed by atoms with Crippen LogP contribution in [0, 0.1) is 5.92 Å². The van der Waals surface area contributed by atoms with E-state index in [1.165, 1.54) is 7.11 Å². The van der Waals surface area contributed by atoms with Crippen LogP contribution in [0.3, 0.4) is 0 Å². The zero-order valence-electron chi connectivity index (χ0n) is 10.1. The van der Waals surface area contributed by atoms with Gasteiger partial charge >= 0.3 is 5.97 Å². The van der Waals surface area contributed by atoms with Gasteiger partial charge < -0.3 is 20.1 Å². The number of esters is 1. The molecule has 1 heterocycles. The number of carbonyl (C=O) groups is 1. The van der Waals surface area contributed by atoms with Crippen LogP contribution in [-0.2, 0) is 9.53 Å². The summed E-state index contributed by atoms with van der Waals surface area (Å²) in [4.78, 5) is 13.6. The first-order valence-corrected chi connectivity index (χ1v) is 5.78. The second-order valence-electron chi connectivity index (χ2n) is 4.41. The number of rotatable bonds is 5. The third-order valence-corrected chi connectivity index (χ3v) is 2.94. The van der Waals surface area contributed by atoms with Gasteiger partial charge in [-0.2, -0.15) is 0 Å². The highest BCUT2D eigenvalue weighted by Gasteiger charge is 2.30. The molecule has 0 aromatic rings. The lowest BCUT2D eigenvalue weighted by molar-refractivity contribution is -0.147. The average Bonchev–Trinajstić information content (AvgIpc) is 2.27. The fourth-order valence-electron chi connectivity index (χ4n) is 2.19. The summed E-state index contributed by atoms with van der Waals surface area (Å²) in [5.41, 5.74) is 0. The maximum Gasteiger partial charge on any atom is 0.310 e. The van der Waals surface area contributed by atoms with Crippen molar-refractivity contribution in [3.05, 3.63) is 0 Å². The summed E-state index contributed by atoms with van der Waals surface area (Å²) in [7, 11) is 3.45. The molecule has 2 atom stereocenters. The number of hydrogen-bond donors (Lipinski definition) is 2. The summed E-state index contributed by atoms with van der Waals surface area (Å²) in [6.07, 6.45) is 1.57. The molecule has 0 saturated carbocycles. The highest BCUT2D eigenvalue weighted by molar-refractivity contribution is 5.72. The molecule has 1 saturated heterocycles. The highest BCUT2D eigenvalue weighted by atomic mass is 16.5. The summed E-state index contributed by atoms with van der Waals surface area (Å²) in [6, 6.07) is 0.314. The van der Waals surface area contributed by atoms with Crippen molar-refractivity contribution in [2.24, 2.45) is 5.92 Å². The molecule has 94 valence electrons. The third-order valence-electron chi connectivity index (χ3n) is 2.94. The number of carbonyl (C=O) groups excluding carboxylic acids is 1. The summed E-state index contributed by atoms with van der Waals surface area (Å²) < 4.78 is 4.78. The zero-order valence-corrected chi connectivity index (χ0v) is 10.1. The first-order chi connectivity index (χ1) is 7.67. The van der Waals surface area contributed by atoms with Gasteiger partial charge in [0.1, 0.15) is 0 Å². The van der Waals surface area contributed by atoms with Gasteiger partial charge in [0.05, 0.1) is 13.0 Å². The Labute approximate surface area is 96.8 Å². The maximum atomic E-state index is 11.5. The van der Waals surface area contributed by atoms with Crippen molar-refractivity contribution in [1.82, 2.24) is 10.2 Å². The molecule has 0 spiro atoms. The molecule has 1 fully saturated rings. The largest absolute Gasteiger partial charge is 0.469 e. The van der Waals surface area contributed by atoms with Crippen LogP contribution in [0.1, 0.15) is 12.8 Å². The Balaban J connectivity index is 2.38. The molecule has 2 unspecified atom stereocenters. The number of likely N-dealkylation sites (N-methyl/N-ethyl adjacent to an activating group) is 1. The van der Waals surface area contributed by atoms with E-state index in [0.717, 1.165) is 32.5 Å². The van der Waals surface area contributed by atoms with E-state index in [2.05, 4.69) is 10.2 Å². The fourth-order valence-corrected chi connectivity index (χ4v) is 2.19. The van der Waals surface area contributed by atoms with E-state index in [1.807, 2.05) is 7.05 Å². The average molecular weight is 230 g/mol. The van der Waals surface area contributed by atoms with Crippen molar-refractivity contribution in [2.45, 2.75) is 18.9 Å². The predicted octanol–water partition coefficient (Wildman–Crippen LogP) is -0.548. The van der Waals surface area contributed by atoms with E-state index in [-0.39, 0.29) is 18.5 Å². The fraction of sp³-hybridized carbons (Fsp3) is 0.909. The van der Waals surface area contributed by atoms with Crippen LogP contribution >= 0.6 is 0 Å². The maximum absolute atomic E-state index is 11.5. The molecule has 16 heavy (non-hydrogen) atoms. The lowest BCUT2D eigenvalue weighted by Crippen LogP contribution is -2.49. The normalized spacial score (nSPS) is 26.7. The first kappa shape index (κ1) is 13.4. The number of nitrogens with zero attached hydrogens (tertiary/aromatic N) is 1. The first-order valence-electron chi connectivity index (χ1n) is 5.78. The molecule has 5 nitrogen and oxygen atoms in total. The lowest BCUT2D eigenvalue weighted by Gasteiger charge is -2.34. The van der Waals surface area contributed by atoms with Gasteiger partial charge in [0.15, 0.2) is 0 Å². The Morgan fingerprint density at radius 3 is 2.94 bits per heavy atom. The highest BCUT2D eigenvalue weighted by Crippen LogP contribution is 2.17. The van der Waals surface area contributed by atoms with Gasteiger partial charge in [-0.05, 0) is 26.4 Å². The quantitative estimate of drug-likeness (QED) is 0.490. The van der Waals surface area contributed by atoms with Crippen molar-refractivity contribution in [3.8, 4) is 0 Å². The number of likely N-dealkylation sites (tertiary alicyclic amines) is 1. The van der Waals surface area contributed by atoms with Crippen LogP contribution in [0.2, 0.25) is 0 Å². The van der Waals surface area contributed by atoms with E-state index in [4.69, 9.17) is 9.84 Å². The van der Waals surface area contributed by atoms with Gasteiger partial charge in [-0.3, -0.25) is 4.79 Å². The molecular formula is C11H22N2O3. The monoisotopic (exact) mass is 230 g/mol. The molecule has 0 aromatic heterocycles. The van der Waals surface area contributed by atoms with Crippen LogP contribution in [-0.4, -0.2) is 62.4 Å². The molecule has 0 aromatic carbocycles. The number of piperidine rings is 1. The van der Waals surface area contributed by atoms with E-state index in [9.17, 15) is 4.79 Å². The molecule has 0 bridgehead atoms. The molecule has 5 heteroatoms. The van der Waals surface area contributed by atoms with Crippen LogP contribution in [0.25, 0.3) is 0 Å². The van der Waals surface area contributed by atoms with Gasteiger partial charge in [0.25, 0.3) is 0 Å². The second kappa shape index (κ2) is 6.83. The topological polar surface area (TPSA) is 61.8 Å². The summed E-state index contributed by atoms with van der Waals surface area (Å²) >= 11 is 0. The molecule has 1 aliphatic rings. The molecular weight excluding hydrogens is 208 g/mol. The van der Waals surface area contributed by atoms with Crippen molar-refractivity contribution < 1.29 is 14.6 Å². The van der Waals surface area contributed by atoms with Gasteiger partial charge in [-0.15, -0.1) is 0 Å². The Hall–Kier alpha value is -0.650. The second-order valence-corrected chi connectivity index (χ2v) is 4.41. The van der Waals surface area contributed by atoms with Gasteiger partial charge in [0.2, 0.25) is 0 Å². The van der Waals surface area contributed by atoms with Crippen LogP contribution in [0.15, 0.2) is 0 Å². The van der Waals surface area contributed by atoms with Crippen molar-refractivity contribution >= 4 is 5.97 Å². The Kier molecular flexibility index (Phi) is 5.73. The van der Waals surface area contributed by atoms with E-state index in [0.29, 0.717) is 6.04 Å². The van der Waals surface area contributed by atoms with Gasteiger partial charge in [-0.25, -0.2) is 0 Å². The molecule has 0 radical (unpaired) electrons. The zero-order chi connectivity index (χ0) is 12.0. The summed E-state index contributed by atoms with van der Waals surface area (Å²) in [6.45, 7) is 2.71. The smallest absolute Gasteiger partial charge is 0.310 e. The van der Waals surface area contributed by atoms with E-state index in [1.54, 1.807) is 0 Å². The number of methoxy groups -OCH3 is 1. The molecule has 2 N–H and O–H groups in total. The summed E-state index contributed by atoms with van der Waals surface area (Å²) in [5.74, 6) is -0.157. The molecule has 0 amide bonds. The third kappa shape index (κ3) is 4.08. The SMILES string of the molecule is COC(=O)C1CC(NCCCO)CN(C)C1. The van der Waals surface area contributed by atoms with E-state index < -0.39 is 0 Å². The summed E-state index contributed by atoms with van der Waals surface area (Å²) in [5, 5.41) is 12.1. The van der Waals surface area contributed by atoms with Gasteiger partial charge in [0, 0.05) is 25.7 Å². The van der Waals surface area contributed by atoms with Crippen molar-refractivity contribution in [3.63, 3.8) is 0 Å². The predicted molar refractivity (Wildman–Crippen MR) is 61.1 cm³/mol. The van der Waals surface area contributed by atoms with Crippen LogP contribution in [0.4, 0.5) is 0 Å². The molecule has 1 rings (SSSR count). The number of aliphatic hydroxyl groups is 1. The number of hydrogen-bond acceptors (Lipinski definition) is 5. The number of ether oxygens (including phenoxy) is 1. The van der Waals surface area contributed by atoms with Crippen molar-refractivity contribution in [2.75, 3.05) is 40.4 Å². The van der Waals surface area contributed by atoms with Crippen LogP contribution < -0.4 is 5.32 Å². The minimum atomic E-state index is -0.125.